The van der Waals surface area contributed by atoms with Gasteiger partial charge in [0.25, 0.3) is 0 Å². The van der Waals surface area contributed by atoms with Crippen LogP contribution in [0.3, 0.4) is 0 Å². The Morgan fingerprint density at radius 1 is 1.28 bits per heavy atom. The Labute approximate surface area is 109 Å². The second-order valence-corrected chi connectivity index (χ2v) is 4.97. The average molecular weight is 243 g/mol. The number of hydrogen-bond donors (Lipinski definition) is 1. The van der Waals surface area contributed by atoms with Crippen molar-refractivity contribution < 1.29 is 0 Å². The molecule has 1 atom stereocenters. The Kier molecular flexibility index (Phi) is 3.53. The van der Waals surface area contributed by atoms with Gasteiger partial charge >= 0.3 is 0 Å². The molecule has 0 aliphatic carbocycles. The largest absolute Gasteiger partial charge is 0.330 e. The van der Waals surface area contributed by atoms with Gasteiger partial charge in [0.2, 0.25) is 0 Å². The number of nitrogens with zero attached hydrogens (tertiary/aromatic N) is 2. The smallest absolute Gasteiger partial charge is 0.0651 e. The quantitative estimate of drug-likeness (QED) is 0.900. The van der Waals surface area contributed by atoms with Crippen molar-refractivity contribution in [1.82, 2.24) is 9.78 Å². The number of rotatable bonds is 3. The second kappa shape index (κ2) is 4.94. The van der Waals surface area contributed by atoms with E-state index in [9.17, 15) is 0 Å². The van der Waals surface area contributed by atoms with E-state index in [1.807, 2.05) is 4.68 Å². The third kappa shape index (κ3) is 2.18. The molecule has 1 aromatic carbocycles. The molecule has 1 heterocycles. The molecule has 0 radical (unpaired) electrons. The first-order chi connectivity index (χ1) is 8.54. The number of hydrogen-bond acceptors (Lipinski definition) is 2. The fraction of sp³-hybridized carbons (Fsp3) is 0.400. The zero-order valence-corrected chi connectivity index (χ0v) is 11.6. The highest BCUT2D eigenvalue weighted by atomic mass is 15.3. The van der Waals surface area contributed by atoms with Gasteiger partial charge in [-0.25, -0.2) is 4.68 Å². The monoisotopic (exact) mass is 243 g/mol. The topological polar surface area (TPSA) is 43.8 Å². The summed E-state index contributed by atoms with van der Waals surface area (Å²) < 4.78 is 2.02. The Balaban J connectivity index is 2.54. The fourth-order valence-corrected chi connectivity index (χ4v) is 2.50. The van der Waals surface area contributed by atoms with E-state index in [-0.39, 0.29) is 0 Å². The van der Waals surface area contributed by atoms with E-state index in [1.165, 1.54) is 16.8 Å². The van der Waals surface area contributed by atoms with E-state index >= 15 is 0 Å². The van der Waals surface area contributed by atoms with E-state index in [2.05, 4.69) is 57.1 Å². The standard InChI is InChI=1S/C15H21N3/c1-10-6-5-7-14(8-10)18-13(4)15(11(2)9-16)12(3)17-18/h5-8,11H,9,16H2,1-4H3. The van der Waals surface area contributed by atoms with Crippen LogP contribution >= 0.6 is 0 Å². The van der Waals surface area contributed by atoms with Crippen molar-refractivity contribution in [3.63, 3.8) is 0 Å². The molecule has 2 aromatic rings. The van der Waals surface area contributed by atoms with Crippen molar-refractivity contribution in [2.24, 2.45) is 5.73 Å². The summed E-state index contributed by atoms with van der Waals surface area (Å²) in [5, 5.41) is 4.65. The molecule has 3 nitrogen and oxygen atoms in total. The van der Waals surface area contributed by atoms with Crippen molar-refractivity contribution in [3.8, 4) is 5.69 Å². The molecule has 0 saturated heterocycles. The maximum absolute atomic E-state index is 5.78. The zero-order valence-electron chi connectivity index (χ0n) is 11.6. The van der Waals surface area contributed by atoms with Crippen LogP contribution in [0, 0.1) is 20.8 Å². The second-order valence-electron chi connectivity index (χ2n) is 4.97. The molecule has 2 rings (SSSR count). The van der Waals surface area contributed by atoms with Crippen LogP contribution in [0.15, 0.2) is 24.3 Å². The van der Waals surface area contributed by atoms with Crippen LogP contribution in [-0.2, 0) is 0 Å². The summed E-state index contributed by atoms with van der Waals surface area (Å²) in [6.45, 7) is 9.07. The molecule has 18 heavy (non-hydrogen) atoms. The number of aromatic nitrogens is 2. The van der Waals surface area contributed by atoms with E-state index < -0.39 is 0 Å². The fourth-order valence-electron chi connectivity index (χ4n) is 2.50. The van der Waals surface area contributed by atoms with Crippen LogP contribution in [0.1, 0.15) is 35.4 Å². The lowest BCUT2D eigenvalue weighted by molar-refractivity contribution is 0.759. The first-order valence-electron chi connectivity index (χ1n) is 6.37. The summed E-state index contributed by atoms with van der Waals surface area (Å²) in [4.78, 5) is 0. The molecule has 0 aliphatic heterocycles. The summed E-state index contributed by atoms with van der Waals surface area (Å²) >= 11 is 0. The number of benzene rings is 1. The highest BCUT2D eigenvalue weighted by Crippen LogP contribution is 2.24. The van der Waals surface area contributed by atoms with Crippen molar-refractivity contribution in [2.75, 3.05) is 6.54 Å². The van der Waals surface area contributed by atoms with Gasteiger partial charge < -0.3 is 5.73 Å². The van der Waals surface area contributed by atoms with Gasteiger partial charge in [-0.2, -0.15) is 5.10 Å². The van der Waals surface area contributed by atoms with Crippen molar-refractivity contribution in [1.29, 1.82) is 0 Å². The van der Waals surface area contributed by atoms with Crippen LogP contribution < -0.4 is 5.73 Å². The van der Waals surface area contributed by atoms with Gasteiger partial charge in [-0.1, -0.05) is 19.1 Å². The number of nitrogens with two attached hydrogens (primary N) is 1. The summed E-state index contributed by atoms with van der Waals surface area (Å²) in [6.07, 6.45) is 0. The lowest BCUT2D eigenvalue weighted by atomic mass is 9.99. The highest BCUT2D eigenvalue weighted by molar-refractivity contribution is 5.40. The lowest BCUT2D eigenvalue weighted by Crippen LogP contribution is -2.10. The van der Waals surface area contributed by atoms with Crippen LogP contribution in [0.4, 0.5) is 0 Å². The van der Waals surface area contributed by atoms with Crippen molar-refractivity contribution in [2.45, 2.75) is 33.6 Å². The Hall–Kier alpha value is -1.61. The van der Waals surface area contributed by atoms with Gasteiger partial charge in [0.05, 0.1) is 11.4 Å². The molecule has 1 unspecified atom stereocenters. The molecular formula is C15H21N3. The van der Waals surface area contributed by atoms with E-state index in [0.717, 1.165) is 11.4 Å². The number of aryl methyl sites for hydroxylation is 2. The minimum absolute atomic E-state index is 0.351. The Morgan fingerprint density at radius 3 is 2.61 bits per heavy atom. The molecule has 3 heteroatoms. The summed E-state index contributed by atoms with van der Waals surface area (Å²) in [7, 11) is 0. The average Bonchev–Trinajstić information content (AvgIpc) is 2.64. The van der Waals surface area contributed by atoms with Crippen LogP contribution in [0.25, 0.3) is 5.69 Å². The summed E-state index contributed by atoms with van der Waals surface area (Å²) in [5.74, 6) is 0.351. The van der Waals surface area contributed by atoms with Crippen molar-refractivity contribution in [3.05, 3.63) is 46.8 Å². The molecular weight excluding hydrogens is 222 g/mol. The minimum atomic E-state index is 0.351. The molecule has 2 N–H and O–H groups in total. The van der Waals surface area contributed by atoms with Gasteiger partial charge in [0.15, 0.2) is 0 Å². The third-order valence-corrected chi connectivity index (χ3v) is 3.44. The molecule has 96 valence electrons. The van der Waals surface area contributed by atoms with Gasteiger partial charge in [-0.3, -0.25) is 0 Å². The molecule has 0 spiro atoms. The van der Waals surface area contributed by atoms with Gasteiger partial charge in [0, 0.05) is 11.3 Å². The molecule has 0 bridgehead atoms. The summed E-state index contributed by atoms with van der Waals surface area (Å²) in [6, 6.07) is 8.39. The van der Waals surface area contributed by atoms with Gasteiger partial charge in [-0.15, -0.1) is 0 Å². The molecule has 1 aromatic heterocycles. The SMILES string of the molecule is Cc1cccc(-n2nc(C)c(C(C)CN)c2C)c1. The van der Waals surface area contributed by atoms with Crippen LogP contribution in [-0.4, -0.2) is 16.3 Å². The minimum Gasteiger partial charge on any atom is -0.330 e. The predicted molar refractivity (Wildman–Crippen MR) is 75.2 cm³/mol. The van der Waals surface area contributed by atoms with Gasteiger partial charge in [-0.05, 0) is 50.9 Å². The molecule has 0 amide bonds. The maximum atomic E-state index is 5.78. The molecule has 0 saturated carbocycles. The molecule has 0 fully saturated rings. The van der Waals surface area contributed by atoms with E-state index in [0.29, 0.717) is 12.5 Å². The molecule has 0 aliphatic rings. The maximum Gasteiger partial charge on any atom is 0.0651 e. The normalized spacial score (nSPS) is 12.7. The third-order valence-electron chi connectivity index (χ3n) is 3.44. The van der Waals surface area contributed by atoms with Gasteiger partial charge in [0.1, 0.15) is 0 Å². The summed E-state index contributed by atoms with van der Waals surface area (Å²) in [5.41, 5.74) is 11.7. The van der Waals surface area contributed by atoms with Crippen molar-refractivity contribution >= 4 is 0 Å². The lowest BCUT2D eigenvalue weighted by Gasteiger charge is -2.10. The zero-order chi connectivity index (χ0) is 13.3. The first-order valence-corrected chi connectivity index (χ1v) is 6.37. The Morgan fingerprint density at radius 2 is 2.00 bits per heavy atom. The Bertz CT molecular complexity index is 555. The van der Waals surface area contributed by atoms with Crippen LogP contribution in [0.2, 0.25) is 0 Å². The predicted octanol–water partition coefficient (Wildman–Crippen LogP) is 2.86. The van der Waals surface area contributed by atoms with Crippen LogP contribution in [0.5, 0.6) is 0 Å². The van der Waals surface area contributed by atoms with E-state index in [1.54, 1.807) is 0 Å². The van der Waals surface area contributed by atoms with E-state index in [4.69, 9.17) is 5.73 Å². The first kappa shape index (κ1) is 12.8. The highest BCUT2D eigenvalue weighted by Gasteiger charge is 2.17.